The molecule has 0 aromatic carbocycles. The van der Waals surface area contributed by atoms with Gasteiger partial charge in [0.2, 0.25) is 11.8 Å². The summed E-state index contributed by atoms with van der Waals surface area (Å²) in [6.45, 7) is 6.78. The summed E-state index contributed by atoms with van der Waals surface area (Å²) in [6, 6.07) is 3.91. The van der Waals surface area contributed by atoms with Crippen LogP contribution in [0.3, 0.4) is 0 Å². The molecule has 23 heavy (non-hydrogen) atoms. The molecule has 2 unspecified atom stereocenters. The molecule has 2 atom stereocenters. The van der Waals surface area contributed by atoms with Gasteiger partial charge < -0.3 is 10.2 Å². The standard InChI is InChI=1S/C17H25N3O2S/c1-4-6-10-20-13-8-7-9-18-16(13)23-14(17(20)22)11-15(21)19-12(3)5-2/h7-9,12,14H,4-6,10-11H2,1-3H3,(H,19,21). The Morgan fingerprint density at radius 1 is 1.48 bits per heavy atom. The Hall–Kier alpha value is -1.56. The lowest BCUT2D eigenvalue weighted by Crippen LogP contribution is -2.44. The zero-order valence-corrected chi connectivity index (χ0v) is 14.9. The van der Waals surface area contributed by atoms with Crippen LogP contribution < -0.4 is 10.2 Å². The van der Waals surface area contributed by atoms with Gasteiger partial charge in [0.15, 0.2) is 0 Å². The van der Waals surface area contributed by atoms with Crippen molar-refractivity contribution in [1.29, 1.82) is 0 Å². The van der Waals surface area contributed by atoms with Crippen LogP contribution in [0, 0.1) is 0 Å². The number of carbonyl (C=O) groups is 2. The summed E-state index contributed by atoms with van der Waals surface area (Å²) in [5.41, 5.74) is 0.870. The Kier molecular flexibility index (Phi) is 6.45. The average Bonchev–Trinajstić information content (AvgIpc) is 2.54. The summed E-state index contributed by atoms with van der Waals surface area (Å²) in [5, 5.41) is 3.38. The van der Waals surface area contributed by atoms with Gasteiger partial charge in [-0.05, 0) is 31.9 Å². The first-order valence-corrected chi connectivity index (χ1v) is 9.17. The molecule has 0 bridgehead atoms. The van der Waals surface area contributed by atoms with Gasteiger partial charge in [0.1, 0.15) is 5.03 Å². The molecule has 1 N–H and O–H groups in total. The van der Waals surface area contributed by atoms with Gasteiger partial charge in [-0.25, -0.2) is 4.98 Å². The van der Waals surface area contributed by atoms with Crippen molar-refractivity contribution in [3.05, 3.63) is 18.3 Å². The number of fused-ring (bicyclic) bond motifs is 1. The molecule has 1 aliphatic heterocycles. The zero-order valence-electron chi connectivity index (χ0n) is 14.0. The van der Waals surface area contributed by atoms with Crippen LogP contribution in [0.5, 0.6) is 0 Å². The molecular weight excluding hydrogens is 310 g/mol. The third-order valence-corrected chi connectivity index (χ3v) is 5.15. The predicted octanol–water partition coefficient (Wildman–Crippen LogP) is 2.99. The van der Waals surface area contributed by atoms with E-state index in [-0.39, 0.29) is 24.3 Å². The lowest BCUT2D eigenvalue weighted by Gasteiger charge is -2.32. The highest BCUT2D eigenvalue weighted by molar-refractivity contribution is 8.00. The van der Waals surface area contributed by atoms with Gasteiger partial charge in [-0.15, -0.1) is 0 Å². The minimum absolute atomic E-state index is 0.0169. The number of thioether (sulfide) groups is 1. The Morgan fingerprint density at radius 3 is 2.96 bits per heavy atom. The Balaban J connectivity index is 2.13. The van der Waals surface area contributed by atoms with E-state index in [0.717, 1.165) is 30.0 Å². The summed E-state index contributed by atoms with van der Waals surface area (Å²) < 4.78 is 0. The summed E-state index contributed by atoms with van der Waals surface area (Å²) in [6.07, 6.45) is 4.77. The number of anilines is 1. The smallest absolute Gasteiger partial charge is 0.241 e. The molecule has 2 amide bonds. The number of unbranched alkanes of at least 4 members (excludes halogenated alkanes) is 1. The number of carbonyl (C=O) groups excluding carboxylic acids is 2. The van der Waals surface area contributed by atoms with Gasteiger partial charge in [0.05, 0.1) is 10.9 Å². The highest BCUT2D eigenvalue weighted by Gasteiger charge is 2.35. The van der Waals surface area contributed by atoms with Crippen molar-refractivity contribution in [2.75, 3.05) is 11.4 Å². The van der Waals surface area contributed by atoms with E-state index in [1.54, 1.807) is 11.1 Å². The molecular formula is C17H25N3O2S. The number of nitrogens with one attached hydrogen (secondary N) is 1. The van der Waals surface area contributed by atoms with Crippen LogP contribution in [-0.2, 0) is 9.59 Å². The molecule has 2 heterocycles. The van der Waals surface area contributed by atoms with Crippen molar-refractivity contribution in [2.45, 2.75) is 62.8 Å². The van der Waals surface area contributed by atoms with E-state index in [9.17, 15) is 9.59 Å². The Morgan fingerprint density at radius 2 is 2.26 bits per heavy atom. The lowest BCUT2D eigenvalue weighted by atomic mass is 10.2. The SMILES string of the molecule is CCCCN1C(=O)C(CC(=O)NC(C)CC)Sc2ncccc21. The number of amides is 2. The van der Waals surface area contributed by atoms with E-state index in [2.05, 4.69) is 17.2 Å². The molecule has 1 aromatic rings. The summed E-state index contributed by atoms with van der Waals surface area (Å²) >= 11 is 1.40. The quantitative estimate of drug-likeness (QED) is 0.832. The number of rotatable bonds is 7. The first kappa shape index (κ1) is 17.8. The highest BCUT2D eigenvalue weighted by atomic mass is 32.2. The third-order valence-electron chi connectivity index (χ3n) is 3.96. The van der Waals surface area contributed by atoms with E-state index < -0.39 is 5.25 Å². The Labute approximate surface area is 142 Å². The van der Waals surface area contributed by atoms with Crippen LogP contribution in [0.25, 0.3) is 0 Å². The van der Waals surface area contributed by atoms with E-state index in [1.165, 1.54) is 11.8 Å². The molecule has 5 nitrogen and oxygen atoms in total. The van der Waals surface area contributed by atoms with Gasteiger partial charge in [-0.1, -0.05) is 32.0 Å². The van der Waals surface area contributed by atoms with Crippen LogP contribution in [0.1, 0.15) is 46.5 Å². The van der Waals surface area contributed by atoms with Gasteiger partial charge in [-0.3, -0.25) is 9.59 Å². The van der Waals surface area contributed by atoms with E-state index in [1.807, 2.05) is 26.0 Å². The highest BCUT2D eigenvalue weighted by Crippen LogP contribution is 2.38. The van der Waals surface area contributed by atoms with Crippen molar-refractivity contribution < 1.29 is 9.59 Å². The molecule has 0 saturated heterocycles. The van der Waals surface area contributed by atoms with Crippen molar-refractivity contribution in [3.63, 3.8) is 0 Å². The first-order chi connectivity index (χ1) is 11.1. The van der Waals surface area contributed by atoms with E-state index in [0.29, 0.717) is 6.54 Å². The minimum Gasteiger partial charge on any atom is -0.354 e. The zero-order chi connectivity index (χ0) is 16.8. The molecule has 2 rings (SSSR count). The van der Waals surface area contributed by atoms with Gasteiger partial charge >= 0.3 is 0 Å². The summed E-state index contributed by atoms with van der Waals surface area (Å²) in [5.74, 6) is -0.0525. The van der Waals surface area contributed by atoms with Crippen LogP contribution in [0.4, 0.5) is 5.69 Å². The van der Waals surface area contributed by atoms with E-state index >= 15 is 0 Å². The van der Waals surface area contributed by atoms with Crippen LogP contribution in [-0.4, -0.2) is 34.6 Å². The van der Waals surface area contributed by atoms with Gasteiger partial charge in [0.25, 0.3) is 0 Å². The van der Waals surface area contributed by atoms with Crippen LogP contribution in [0.15, 0.2) is 23.4 Å². The van der Waals surface area contributed by atoms with Crippen molar-refractivity contribution >= 4 is 29.3 Å². The van der Waals surface area contributed by atoms with Crippen molar-refractivity contribution in [2.24, 2.45) is 0 Å². The second-order valence-electron chi connectivity index (χ2n) is 5.86. The predicted molar refractivity (Wildman–Crippen MR) is 93.7 cm³/mol. The number of pyridine rings is 1. The van der Waals surface area contributed by atoms with E-state index in [4.69, 9.17) is 0 Å². The molecule has 0 aliphatic carbocycles. The van der Waals surface area contributed by atoms with Crippen molar-refractivity contribution in [1.82, 2.24) is 10.3 Å². The molecule has 0 fully saturated rings. The monoisotopic (exact) mass is 335 g/mol. The molecule has 0 spiro atoms. The largest absolute Gasteiger partial charge is 0.354 e. The maximum atomic E-state index is 12.8. The fraction of sp³-hybridized carbons (Fsp3) is 0.588. The third kappa shape index (κ3) is 4.47. The normalized spacial score (nSPS) is 18.5. The van der Waals surface area contributed by atoms with Crippen molar-refractivity contribution in [3.8, 4) is 0 Å². The molecule has 1 aliphatic rings. The number of aromatic nitrogens is 1. The van der Waals surface area contributed by atoms with Gasteiger partial charge in [0, 0.05) is 25.2 Å². The molecule has 6 heteroatoms. The number of nitrogens with zero attached hydrogens (tertiary/aromatic N) is 2. The summed E-state index contributed by atoms with van der Waals surface area (Å²) in [7, 11) is 0. The maximum absolute atomic E-state index is 12.8. The fourth-order valence-electron chi connectivity index (χ4n) is 2.44. The molecule has 1 aromatic heterocycles. The topological polar surface area (TPSA) is 62.3 Å². The minimum atomic E-state index is -0.390. The van der Waals surface area contributed by atoms with Gasteiger partial charge in [-0.2, -0.15) is 0 Å². The first-order valence-electron chi connectivity index (χ1n) is 8.29. The second-order valence-corrected chi connectivity index (χ2v) is 7.05. The molecule has 0 saturated carbocycles. The lowest BCUT2D eigenvalue weighted by molar-refractivity contribution is -0.125. The van der Waals surface area contributed by atoms with Crippen LogP contribution in [0.2, 0.25) is 0 Å². The number of hydrogen-bond donors (Lipinski definition) is 1. The molecule has 0 radical (unpaired) electrons. The fourth-order valence-corrected chi connectivity index (χ4v) is 3.59. The van der Waals surface area contributed by atoms with Crippen LogP contribution >= 0.6 is 11.8 Å². The number of hydrogen-bond acceptors (Lipinski definition) is 4. The second kappa shape index (κ2) is 8.34. The average molecular weight is 335 g/mol. The maximum Gasteiger partial charge on any atom is 0.241 e. The summed E-state index contributed by atoms with van der Waals surface area (Å²) in [4.78, 5) is 31.1. The molecule has 126 valence electrons. The Bertz CT molecular complexity index is 565.